The molecule has 0 unspecified atom stereocenters. The van der Waals surface area contributed by atoms with Crippen LogP contribution in [0.25, 0.3) is 0 Å². The predicted molar refractivity (Wildman–Crippen MR) is 101 cm³/mol. The van der Waals surface area contributed by atoms with E-state index in [1.54, 1.807) is 12.1 Å². The normalized spacial score (nSPS) is 12.4. The summed E-state index contributed by atoms with van der Waals surface area (Å²) in [6.45, 7) is 5.68. The number of likely N-dealkylation sites (N-methyl/N-ethyl adjacent to an activating group) is 1. The third kappa shape index (κ3) is 5.06. The summed E-state index contributed by atoms with van der Waals surface area (Å²) in [4.78, 5) is 12.3. The van der Waals surface area contributed by atoms with Gasteiger partial charge in [-0.1, -0.05) is 48.0 Å². The van der Waals surface area contributed by atoms with Crippen LogP contribution in [0, 0.1) is 0 Å². The van der Waals surface area contributed by atoms with Gasteiger partial charge in [-0.05, 0) is 24.3 Å². The molecule has 0 saturated carbocycles. The van der Waals surface area contributed by atoms with Crippen LogP contribution in [-0.2, 0) is 20.2 Å². The van der Waals surface area contributed by atoms with Crippen molar-refractivity contribution < 1.29 is 13.2 Å². The van der Waals surface area contributed by atoms with Gasteiger partial charge in [-0.15, -0.1) is 10.2 Å². The molecule has 1 aromatic carbocycles. The van der Waals surface area contributed by atoms with Crippen molar-refractivity contribution in [3.63, 3.8) is 0 Å². The van der Waals surface area contributed by atoms with Crippen molar-refractivity contribution in [1.29, 1.82) is 0 Å². The third-order valence-electron chi connectivity index (χ3n) is 3.20. The minimum absolute atomic E-state index is 0.122. The van der Waals surface area contributed by atoms with Crippen molar-refractivity contribution in [3.05, 3.63) is 33.7 Å². The number of carbonyl (C=O) groups excluding carboxylic acids is 1. The molecule has 0 aliphatic carbocycles. The van der Waals surface area contributed by atoms with E-state index >= 15 is 0 Å². The lowest BCUT2D eigenvalue weighted by Gasteiger charge is -2.16. The second-order valence-electron chi connectivity index (χ2n) is 6.43. The topological polar surface area (TPSA) is 92.3 Å². The molecule has 1 aromatic heterocycles. The zero-order valence-corrected chi connectivity index (χ0v) is 17.5. The number of hydrogen-bond acceptors (Lipinski definition) is 6. The maximum atomic E-state index is 12.5. The number of nitrogens with one attached hydrogen (secondary N) is 1. The van der Waals surface area contributed by atoms with E-state index < -0.39 is 15.9 Å². The maximum absolute atomic E-state index is 12.5. The molecule has 136 valence electrons. The fraction of sp³-hybridized carbons (Fsp3) is 0.400. The van der Waals surface area contributed by atoms with Crippen LogP contribution in [0.5, 0.6) is 0 Å². The Morgan fingerprint density at radius 1 is 1.24 bits per heavy atom. The average molecular weight is 447 g/mol. The molecule has 0 atom stereocenters. The van der Waals surface area contributed by atoms with E-state index in [4.69, 9.17) is 0 Å². The van der Waals surface area contributed by atoms with Gasteiger partial charge >= 0.3 is 0 Å². The number of carbonyl (C=O) groups is 1. The number of nitrogens with zero attached hydrogens (tertiary/aromatic N) is 3. The number of sulfonamides is 1. The number of halogens is 1. The van der Waals surface area contributed by atoms with Crippen molar-refractivity contribution in [2.24, 2.45) is 0 Å². The molecule has 0 saturated heterocycles. The Hall–Kier alpha value is -1.36. The Morgan fingerprint density at radius 2 is 1.84 bits per heavy atom. The van der Waals surface area contributed by atoms with Gasteiger partial charge in [0, 0.05) is 16.9 Å². The second kappa shape index (κ2) is 7.48. The molecule has 0 bridgehead atoms. The molecule has 0 aliphatic rings. The van der Waals surface area contributed by atoms with Crippen LogP contribution in [0.3, 0.4) is 0 Å². The van der Waals surface area contributed by atoms with Gasteiger partial charge in [-0.3, -0.25) is 10.1 Å². The number of amides is 1. The fourth-order valence-electron chi connectivity index (χ4n) is 1.81. The fourth-order valence-corrected chi connectivity index (χ4v) is 4.02. The van der Waals surface area contributed by atoms with Gasteiger partial charge in [-0.25, -0.2) is 8.42 Å². The second-order valence-corrected chi connectivity index (χ2v) is 10.4. The molecular weight excluding hydrogens is 428 g/mol. The first-order valence-corrected chi connectivity index (χ1v) is 10.4. The van der Waals surface area contributed by atoms with E-state index in [1.807, 2.05) is 20.8 Å². The highest BCUT2D eigenvalue weighted by Crippen LogP contribution is 2.27. The predicted octanol–water partition coefficient (Wildman–Crippen LogP) is 2.86. The smallest absolute Gasteiger partial charge is 0.243 e. The van der Waals surface area contributed by atoms with Crippen molar-refractivity contribution in [2.45, 2.75) is 31.1 Å². The van der Waals surface area contributed by atoms with Gasteiger partial charge in [0.2, 0.25) is 21.1 Å². The van der Waals surface area contributed by atoms with E-state index in [1.165, 1.54) is 30.5 Å². The van der Waals surface area contributed by atoms with E-state index in [-0.39, 0.29) is 16.9 Å². The number of benzene rings is 1. The van der Waals surface area contributed by atoms with Crippen molar-refractivity contribution in [3.8, 4) is 0 Å². The highest BCUT2D eigenvalue weighted by Gasteiger charge is 2.24. The summed E-state index contributed by atoms with van der Waals surface area (Å²) < 4.78 is 26.7. The lowest BCUT2D eigenvalue weighted by molar-refractivity contribution is -0.116. The highest BCUT2D eigenvalue weighted by molar-refractivity contribution is 9.10. The van der Waals surface area contributed by atoms with Crippen LogP contribution in [-0.4, -0.2) is 42.4 Å². The molecule has 0 aliphatic heterocycles. The summed E-state index contributed by atoms with van der Waals surface area (Å²) in [6, 6.07) is 6.23. The average Bonchev–Trinajstić information content (AvgIpc) is 2.96. The van der Waals surface area contributed by atoms with Crippen molar-refractivity contribution >= 4 is 48.3 Å². The van der Waals surface area contributed by atoms with E-state index in [0.717, 1.165) is 13.8 Å². The van der Waals surface area contributed by atoms with Gasteiger partial charge < -0.3 is 0 Å². The molecular formula is C15H19BrN4O3S2. The first-order valence-electron chi connectivity index (χ1n) is 7.36. The van der Waals surface area contributed by atoms with Crippen LogP contribution >= 0.6 is 27.3 Å². The minimum atomic E-state index is -3.74. The monoisotopic (exact) mass is 446 g/mol. The lowest BCUT2D eigenvalue weighted by Crippen LogP contribution is -2.34. The minimum Gasteiger partial charge on any atom is -0.299 e. The molecule has 0 radical (unpaired) electrons. The summed E-state index contributed by atoms with van der Waals surface area (Å²) >= 11 is 4.53. The number of hydrogen-bond donors (Lipinski definition) is 1. The molecule has 1 amide bonds. The van der Waals surface area contributed by atoms with Crippen molar-refractivity contribution in [2.75, 3.05) is 18.9 Å². The van der Waals surface area contributed by atoms with Gasteiger partial charge in [0.1, 0.15) is 5.01 Å². The van der Waals surface area contributed by atoms with Gasteiger partial charge in [-0.2, -0.15) is 4.31 Å². The van der Waals surface area contributed by atoms with Gasteiger partial charge in [0.15, 0.2) is 0 Å². The molecule has 2 aromatic rings. The Balaban J connectivity index is 2.04. The quantitative estimate of drug-likeness (QED) is 0.761. The van der Waals surface area contributed by atoms with E-state index in [0.29, 0.717) is 5.13 Å². The molecule has 7 nitrogen and oxygen atoms in total. The highest BCUT2D eigenvalue weighted by atomic mass is 79.9. The standard InChI is InChI=1S/C15H19BrN4O3S2/c1-15(2,3)13-18-19-14(24-13)17-12(21)9-20(4)25(22,23)11-7-5-10(16)6-8-11/h5-8H,9H2,1-4H3,(H,17,19,21). The van der Waals surface area contributed by atoms with E-state index in [2.05, 4.69) is 31.4 Å². The summed E-state index contributed by atoms with van der Waals surface area (Å²) in [5.74, 6) is -0.472. The Bertz CT molecular complexity index is 858. The molecule has 0 fully saturated rings. The SMILES string of the molecule is CN(CC(=O)Nc1nnc(C(C)(C)C)s1)S(=O)(=O)c1ccc(Br)cc1. The van der Waals surface area contributed by atoms with Crippen LogP contribution in [0.4, 0.5) is 5.13 Å². The van der Waals surface area contributed by atoms with Crippen LogP contribution in [0.15, 0.2) is 33.6 Å². The van der Waals surface area contributed by atoms with Crippen molar-refractivity contribution in [1.82, 2.24) is 14.5 Å². The molecule has 25 heavy (non-hydrogen) atoms. The lowest BCUT2D eigenvalue weighted by atomic mass is 9.98. The Kier molecular flexibility index (Phi) is 5.97. The number of rotatable bonds is 5. The molecule has 10 heteroatoms. The first kappa shape index (κ1) is 20.0. The largest absolute Gasteiger partial charge is 0.299 e. The molecule has 1 N–H and O–H groups in total. The number of aromatic nitrogens is 2. The summed E-state index contributed by atoms with van der Waals surface area (Å²) in [7, 11) is -2.38. The summed E-state index contributed by atoms with van der Waals surface area (Å²) in [5.41, 5.74) is -0.164. The van der Waals surface area contributed by atoms with Crippen LogP contribution < -0.4 is 5.32 Å². The third-order valence-corrected chi connectivity index (χ3v) is 6.81. The zero-order chi connectivity index (χ0) is 18.8. The molecule has 1 heterocycles. The van der Waals surface area contributed by atoms with E-state index in [9.17, 15) is 13.2 Å². The maximum Gasteiger partial charge on any atom is 0.243 e. The number of anilines is 1. The zero-order valence-electron chi connectivity index (χ0n) is 14.3. The summed E-state index contributed by atoms with van der Waals surface area (Å²) in [5, 5.41) is 11.7. The first-order chi connectivity index (χ1) is 11.5. The Labute approximate surface area is 159 Å². The molecule has 0 spiro atoms. The van der Waals surface area contributed by atoms with Gasteiger partial charge in [0.25, 0.3) is 0 Å². The Morgan fingerprint density at radius 3 is 2.36 bits per heavy atom. The van der Waals surface area contributed by atoms with Crippen LogP contribution in [0.1, 0.15) is 25.8 Å². The molecule has 2 rings (SSSR count). The van der Waals surface area contributed by atoms with Crippen LogP contribution in [0.2, 0.25) is 0 Å². The van der Waals surface area contributed by atoms with Gasteiger partial charge in [0.05, 0.1) is 11.4 Å². The summed E-state index contributed by atoms with van der Waals surface area (Å²) in [6.07, 6.45) is 0.